The number of rotatable bonds is 5. The number of aromatic nitrogens is 1. The largest absolute Gasteiger partial charge is 0.441 e. The zero-order valence-electron chi connectivity index (χ0n) is 13.4. The Morgan fingerprint density at radius 1 is 1.00 bits per heavy atom. The Balaban J connectivity index is 2.01. The summed E-state index contributed by atoms with van der Waals surface area (Å²) in [7, 11) is 0. The smallest absolute Gasteiger partial charge is 0.376 e. The van der Waals surface area contributed by atoms with Gasteiger partial charge in [-0.2, -0.15) is 4.57 Å². The Bertz CT molecular complexity index is 825. The Morgan fingerprint density at radius 3 is 2.43 bits per heavy atom. The summed E-state index contributed by atoms with van der Waals surface area (Å²) in [6.07, 6.45) is 1.96. The van der Waals surface area contributed by atoms with Gasteiger partial charge in [0.1, 0.15) is 0 Å². The second-order valence-corrected chi connectivity index (χ2v) is 5.79. The molecule has 2 aromatic carbocycles. The minimum atomic E-state index is 0.0406. The number of nitrogens with zero attached hydrogens (tertiary/aromatic N) is 1. The monoisotopic (exact) mass is 306 g/mol. The number of pyridine rings is 1. The average Bonchev–Trinajstić information content (AvgIpc) is 2.57. The van der Waals surface area contributed by atoms with Crippen LogP contribution in [0.15, 0.2) is 66.9 Å². The third-order valence-electron chi connectivity index (χ3n) is 3.64. The Hall–Kier alpha value is -2.68. The number of carbonyl (C=O) groups excluding carboxylic acids is 1. The Kier molecular flexibility index (Phi) is 4.38. The molecule has 0 unspecified atom stereocenters. The first-order valence-electron chi connectivity index (χ1n) is 7.81. The van der Waals surface area contributed by atoms with Crippen LogP contribution in [0.25, 0.3) is 10.8 Å². The van der Waals surface area contributed by atoms with Crippen LogP contribution < -0.4 is 9.30 Å². The van der Waals surface area contributed by atoms with Gasteiger partial charge in [-0.1, -0.05) is 48.5 Å². The molecule has 0 bridgehead atoms. The molecule has 0 N–H and O–H groups in total. The maximum atomic E-state index is 12.5. The minimum Gasteiger partial charge on any atom is -0.441 e. The van der Waals surface area contributed by atoms with Crippen molar-refractivity contribution in [2.45, 2.75) is 26.5 Å². The number of carbonyl (C=O) groups is 1. The molecule has 0 fully saturated rings. The van der Waals surface area contributed by atoms with Gasteiger partial charge in [0.05, 0.1) is 11.5 Å². The Morgan fingerprint density at radius 2 is 1.70 bits per heavy atom. The third-order valence-corrected chi connectivity index (χ3v) is 3.64. The zero-order valence-corrected chi connectivity index (χ0v) is 13.4. The molecule has 0 aliphatic heterocycles. The van der Waals surface area contributed by atoms with Crippen molar-refractivity contribution in [1.29, 1.82) is 0 Å². The molecule has 0 saturated carbocycles. The van der Waals surface area contributed by atoms with E-state index in [0.717, 1.165) is 16.7 Å². The van der Waals surface area contributed by atoms with E-state index in [9.17, 15) is 4.79 Å². The maximum absolute atomic E-state index is 12.5. The predicted molar refractivity (Wildman–Crippen MR) is 90.7 cm³/mol. The van der Waals surface area contributed by atoms with Crippen molar-refractivity contribution in [3.05, 3.63) is 72.4 Å². The van der Waals surface area contributed by atoms with Gasteiger partial charge >= 0.3 is 5.88 Å². The lowest BCUT2D eigenvalue weighted by molar-refractivity contribution is -0.687. The fraction of sp³-hybridized carbons (Fsp3) is 0.200. The van der Waals surface area contributed by atoms with Crippen LogP contribution in [-0.4, -0.2) is 11.9 Å². The molecule has 1 heterocycles. The molecule has 3 rings (SSSR count). The molecule has 116 valence electrons. The molecule has 0 saturated heterocycles. The van der Waals surface area contributed by atoms with Crippen molar-refractivity contribution >= 4 is 16.6 Å². The van der Waals surface area contributed by atoms with E-state index in [0.29, 0.717) is 5.56 Å². The van der Waals surface area contributed by atoms with Gasteiger partial charge in [-0.3, -0.25) is 4.79 Å². The summed E-state index contributed by atoms with van der Waals surface area (Å²) in [4.78, 5) is 12.5. The van der Waals surface area contributed by atoms with Crippen LogP contribution in [0, 0.1) is 0 Å². The van der Waals surface area contributed by atoms with Crippen LogP contribution in [0.2, 0.25) is 0 Å². The van der Waals surface area contributed by atoms with E-state index in [-0.39, 0.29) is 18.4 Å². The van der Waals surface area contributed by atoms with E-state index in [1.165, 1.54) is 0 Å². The number of ketones is 1. The summed E-state index contributed by atoms with van der Waals surface area (Å²) in [5, 5.41) is 2.12. The van der Waals surface area contributed by atoms with E-state index in [4.69, 9.17) is 4.74 Å². The normalized spacial score (nSPS) is 10.9. The van der Waals surface area contributed by atoms with E-state index >= 15 is 0 Å². The van der Waals surface area contributed by atoms with Gasteiger partial charge in [0, 0.05) is 11.6 Å². The highest BCUT2D eigenvalue weighted by molar-refractivity contribution is 5.95. The summed E-state index contributed by atoms with van der Waals surface area (Å²) >= 11 is 0. The van der Waals surface area contributed by atoms with Crippen LogP contribution in [0.5, 0.6) is 5.88 Å². The molecule has 3 nitrogen and oxygen atoms in total. The number of benzene rings is 2. The van der Waals surface area contributed by atoms with Crippen LogP contribution in [0.4, 0.5) is 0 Å². The third kappa shape index (κ3) is 3.39. The lowest BCUT2D eigenvalue weighted by atomic mass is 10.1. The van der Waals surface area contributed by atoms with E-state index in [1.54, 1.807) is 0 Å². The molecule has 0 atom stereocenters. The predicted octanol–water partition coefficient (Wildman–Crippen LogP) is 3.80. The van der Waals surface area contributed by atoms with Crippen molar-refractivity contribution in [1.82, 2.24) is 0 Å². The van der Waals surface area contributed by atoms with Crippen LogP contribution in [0.3, 0.4) is 0 Å². The molecule has 0 amide bonds. The number of fused-ring (bicyclic) bond motifs is 1. The molecule has 3 aromatic rings. The van der Waals surface area contributed by atoms with Gasteiger partial charge < -0.3 is 4.74 Å². The standard InChI is InChI=1S/C20H20NO2/c1-15(2)23-20-18-11-7-6-8-16(18)12-13-21(20)14-19(22)17-9-4-3-5-10-17/h3-13,15H,14H2,1-2H3/q+1. The van der Waals surface area contributed by atoms with Crippen molar-refractivity contribution in [2.24, 2.45) is 0 Å². The fourth-order valence-corrected chi connectivity index (χ4v) is 2.58. The molecular formula is C20H20NO2+. The second-order valence-electron chi connectivity index (χ2n) is 5.79. The molecule has 0 spiro atoms. The van der Waals surface area contributed by atoms with Gasteiger partial charge in [-0.05, 0) is 25.3 Å². The van der Waals surface area contributed by atoms with Gasteiger partial charge in [0.15, 0.2) is 6.20 Å². The maximum Gasteiger partial charge on any atom is 0.376 e. The first-order valence-corrected chi connectivity index (χ1v) is 7.81. The van der Waals surface area contributed by atoms with Crippen molar-refractivity contribution in [3.8, 4) is 5.88 Å². The quantitative estimate of drug-likeness (QED) is 0.530. The molecular weight excluding hydrogens is 286 g/mol. The summed E-state index contributed by atoms with van der Waals surface area (Å²) in [5.41, 5.74) is 0.712. The number of Topliss-reactive ketones (excluding diaryl/α,β-unsaturated/α-hetero) is 1. The van der Waals surface area contributed by atoms with Crippen LogP contribution in [0.1, 0.15) is 24.2 Å². The average molecular weight is 306 g/mol. The molecule has 23 heavy (non-hydrogen) atoms. The first kappa shape index (κ1) is 15.2. The Labute approximate surface area is 136 Å². The van der Waals surface area contributed by atoms with Crippen molar-refractivity contribution < 1.29 is 14.1 Å². The number of hydrogen-bond donors (Lipinski definition) is 0. The highest BCUT2D eigenvalue weighted by Crippen LogP contribution is 2.22. The fourth-order valence-electron chi connectivity index (χ4n) is 2.58. The molecule has 0 aliphatic rings. The van der Waals surface area contributed by atoms with Crippen LogP contribution in [-0.2, 0) is 6.54 Å². The van der Waals surface area contributed by atoms with E-state index < -0.39 is 0 Å². The van der Waals surface area contributed by atoms with Crippen molar-refractivity contribution in [2.75, 3.05) is 0 Å². The number of ether oxygens (including phenoxy) is 1. The minimum absolute atomic E-state index is 0.0406. The molecule has 0 radical (unpaired) electrons. The van der Waals surface area contributed by atoms with E-state index in [2.05, 4.69) is 0 Å². The molecule has 0 aliphatic carbocycles. The first-order chi connectivity index (χ1) is 11.1. The lowest BCUT2D eigenvalue weighted by Crippen LogP contribution is -2.40. The second kappa shape index (κ2) is 6.61. The zero-order chi connectivity index (χ0) is 16.2. The summed E-state index contributed by atoms with van der Waals surface area (Å²) < 4.78 is 7.89. The van der Waals surface area contributed by atoms with Gasteiger partial charge in [0.25, 0.3) is 0 Å². The summed E-state index contributed by atoms with van der Waals surface area (Å²) in [6, 6.07) is 19.4. The molecule has 1 aromatic heterocycles. The summed E-state index contributed by atoms with van der Waals surface area (Å²) in [5.74, 6) is 0.807. The van der Waals surface area contributed by atoms with Gasteiger partial charge in [0.2, 0.25) is 12.3 Å². The topological polar surface area (TPSA) is 30.2 Å². The SMILES string of the molecule is CC(C)Oc1c2ccccc2cc[n+]1CC(=O)c1ccccc1. The number of hydrogen-bond acceptors (Lipinski definition) is 2. The lowest BCUT2D eigenvalue weighted by Gasteiger charge is -2.11. The highest BCUT2D eigenvalue weighted by atomic mass is 16.5. The van der Waals surface area contributed by atoms with Crippen molar-refractivity contribution in [3.63, 3.8) is 0 Å². The van der Waals surface area contributed by atoms with Crippen LogP contribution >= 0.6 is 0 Å². The molecule has 3 heteroatoms. The summed E-state index contributed by atoms with van der Waals surface area (Å²) in [6.45, 7) is 4.24. The van der Waals surface area contributed by atoms with Gasteiger partial charge in [-0.15, -0.1) is 0 Å². The highest BCUT2D eigenvalue weighted by Gasteiger charge is 2.21. The van der Waals surface area contributed by atoms with E-state index in [1.807, 2.05) is 85.3 Å². The van der Waals surface area contributed by atoms with Gasteiger partial charge in [-0.25, -0.2) is 0 Å².